The third kappa shape index (κ3) is 3.82. The average Bonchev–Trinajstić information content (AvgIpc) is 3.23. The largest absolute Gasteiger partial charge is 0.383 e. The summed E-state index contributed by atoms with van der Waals surface area (Å²) in [4.78, 5) is 12.1. The van der Waals surface area contributed by atoms with Gasteiger partial charge in [-0.05, 0) is 31.4 Å². The highest BCUT2D eigenvalue weighted by atomic mass is 19.1. The molecule has 2 amide bonds. The molecule has 0 saturated heterocycles. The maximum Gasteiger partial charge on any atom is 0.314 e. The zero-order valence-electron chi connectivity index (χ0n) is 14.4. The van der Waals surface area contributed by atoms with Gasteiger partial charge in [0.25, 0.3) is 0 Å². The number of halogens is 1. The van der Waals surface area contributed by atoms with Crippen molar-refractivity contribution in [3.05, 3.63) is 53.6 Å². The minimum atomic E-state index is -1.21. The van der Waals surface area contributed by atoms with Crippen LogP contribution in [0.5, 0.6) is 0 Å². The molecule has 1 heterocycles. The SMILES string of the molecule is Cn1cc([C@](C)(O)CNC(=O)NCC2(c3ccccc3F)CC2)cn1. The molecule has 3 N–H and O–H groups in total. The second-order valence-electron chi connectivity index (χ2n) is 6.97. The molecule has 134 valence electrons. The normalized spacial score (nSPS) is 17.6. The first-order valence-corrected chi connectivity index (χ1v) is 8.31. The predicted molar refractivity (Wildman–Crippen MR) is 91.5 cm³/mol. The van der Waals surface area contributed by atoms with E-state index in [9.17, 15) is 14.3 Å². The number of aromatic nitrogens is 2. The molecule has 1 aromatic carbocycles. The van der Waals surface area contributed by atoms with Crippen LogP contribution in [0.25, 0.3) is 0 Å². The molecule has 6 nitrogen and oxygen atoms in total. The second kappa shape index (κ2) is 6.48. The molecule has 2 aromatic rings. The lowest BCUT2D eigenvalue weighted by atomic mass is 9.95. The van der Waals surface area contributed by atoms with Crippen molar-refractivity contribution in [3.8, 4) is 0 Å². The van der Waals surface area contributed by atoms with Gasteiger partial charge in [-0.1, -0.05) is 18.2 Å². The fourth-order valence-corrected chi connectivity index (χ4v) is 2.95. The number of carbonyl (C=O) groups excluding carboxylic acids is 1. The highest BCUT2D eigenvalue weighted by Crippen LogP contribution is 2.48. The summed E-state index contributed by atoms with van der Waals surface area (Å²) < 4.78 is 15.6. The molecule has 1 aliphatic rings. The van der Waals surface area contributed by atoms with E-state index in [4.69, 9.17) is 0 Å². The molecule has 0 unspecified atom stereocenters. The summed E-state index contributed by atoms with van der Waals surface area (Å²) in [6.45, 7) is 2.04. The van der Waals surface area contributed by atoms with Crippen molar-refractivity contribution in [3.63, 3.8) is 0 Å². The summed E-state index contributed by atoms with van der Waals surface area (Å²) in [7, 11) is 1.76. The van der Waals surface area contributed by atoms with Crippen LogP contribution in [0.4, 0.5) is 9.18 Å². The zero-order valence-corrected chi connectivity index (χ0v) is 14.4. The molecule has 3 rings (SSSR count). The summed E-state index contributed by atoms with van der Waals surface area (Å²) in [5.74, 6) is -0.235. The number of aryl methyl sites for hydroxylation is 1. The molecule has 0 bridgehead atoms. The maximum atomic E-state index is 14.0. The summed E-state index contributed by atoms with van der Waals surface area (Å²) in [5, 5.41) is 19.9. The molecular formula is C18H23FN4O2. The molecule has 25 heavy (non-hydrogen) atoms. The van der Waals surface area contributed by atoms with Crippen LogP contribution in [0.15, 0.2) is 36.7 Å². The number of hydrogen-bond donors (Lipinski definition) is 3. The van der Waals surface area contributed by atoms with Crippen LogP contribution < -0.4 is 10.6 Å². The average molecular weight is 346 g/mol. The molecule has 0 spiro atoms. The Morgan fingerprint density at radius 2 is 2.12 bits per heavy atom. The third-order valence-electron chi connectivity index (χ3n) is 4.81. The Bertz CT molecular complexity index is 768. The first-order chi connectivity index (χ1) is 11.8. The van der Waals surface area contributed by atoms with Crippen LogP contribution >= 0.6 is 0 Å². The van der Waals surface area contributed by atoms with E-state index in [1.165, 1.54) is 6.07 Å². The number of carbonyl (C=O) groups is 1. The molecular weight excluding hydrogens is 323 g/mol. The topological polar surface area (TPSA) is 79.2 Å². The first kappa shape index (κ1) is 17.4. The lowest BCUT2D eigenvalue weighted by Gasteiger charge is -2.23. The Hall–Kier alpha value is -2.41. The zero-order chi connectivity index (χ0) is 18.1. The van der Waals surface area contributed by atoms with Gasteiger partial charge in [-0.3, -0.25) is 4.68 Å². The number of urea groups is 1. The van der Waals surface area contributed by atoms with Gasteiger partial charge in [0.05, 0.1) is 12.7 Å². The second-order valence-corrected chi connectivity index (χ2v) is 6.97. The van der Waals surface area contributed by atoms with E-state index in [1.807, 2.05) is 6.07 Å². The number of aliphatic hydroxyl groups is 1. The Labute approximate surface area is 146 Å². The standard InChI is InChI=1S/C18H23FN4O2/c1-17(25,13-9-22-23(2)10-13)11-20-16(24)21-12-18(7-8-18)14-5-3-4-6-15(14)19/h3-6,9-10,25H,7-8,11-12H2,1-2H3,(H2,20,21,24)/t17-/m1/s1. The van der Waals surface area contributed by atoms with E-state index in [1.54, 1.807) is 43.2 Å². The number of hydrogen-bond acceptors (Lipinski definition) is 3. The van der Waals surface area contributed by atoms with Crippen LogP contribution in [0.2, 0.25) is 0 Å². The van der Waals surface area contributed by atoms with Gasteiger partial charge in [0.2, 0.25) is 0 Å². The monoisotopic (exact) mass is 346 g/mol. The Morgan fingerprint density at radius 3 is 2.72 bits per heavy atom. The van der Waals surface area contributed by atoms with E-state index in [2.05, 4.69) is 15.7 Å². The van der Waals surface area contributed by atoms with E-state index < -0.39 is 5.60 Å². The van der Waals surface area contributed by atoms with Crippen LogP contribution in [0, 0.1) is 5.82 Å². The summed E-state index contributed by atoms with van der Waals surface area (Å²) in [6, 6.07) is 6.31. The minimum Gasteiger partial charge on any atom is -0.383 e. The molecule has 1 fully saturated rings. The lowest BCUT2D eigenvalue weighted by Crippen LogP contribution is -2.45. The van der Waals surface area contributed by atoms with Crippen LogP contribution in [-0.2, 0) is 18.1 Å². The van der Waals surface area contributed by atoms with Crippen LogP contribution in [-0.4, -0.2) is 34.0 Å². The molecule has 7 heteroatoms. The molecule has 0 radical (unpaired) electrons. The highest BCUT2D eigenvalue weighted by molar-refractivity contribution is 5.74. The Morgan fingerprint density at radius 1 is 1.40 bits per heavy atom. The van der Waals surface area contributed by atoms with Crippen molar-refractivity contribution in [2.75, 3.05) is 13.1 Å². The van der Waals surface area contributed by atoms with Crippen molar-refractivity contribution >= 4 is 6.03 Å². The lowest BCUT2D eigenvalue weighted by molar-refractivity contribution is 0.0593. The third-order valence-corrected chi connectivity index (χ3v) is 4.81. The number of amides is 2. The van der Waals surface area contributed by atoms with Crippen molar-refractivity contribution < 1.29 is 14.3 Å². The Balaban J connectivity index is 1.53. The van der Waals surface area contributed by atoms with Crippen molar-refractivity contribution in [1.29, 1.82) is 0 Å². The molecule has 0 aliphatic heterocycles. The summed E-state index contributed by atoms with van der Waals surface area (Å²) in [6.07, 6.45) is 4.97. The first-order valence-electron chi connectivity index (χ1n) is 8.31. The molecule has 1 atom stereocenters. The Kier molecular flexibility index (Phi) is 4.51. The van der Waals surface area contributed by atoms with Crippen LogP contribution in [0.1, 0.15) is 30.9 Å². The van der Waals surface area contributed by atoms with E-state index in [0.717, 1.165) is 12.8 Å². The van der Waals surface area contributed by atoms with Crippen molar-refractivity contribution in [1.82, 2.24) is 20.4 Å². The number of nitrogens with zero attached hydrogens (tertiary/aromatic N) is 2. The van der Waals surface area contributed by atoms with Gasteiger partial charge in [-0.25, -0.2) is 9.18 Å². The summed E-state index contributed by atoms with van der Waals surface area (Å²) in [5.41, 5.74) is -0.249. The van der Waals surface area contributed by atoms with Crippen LogP contribution in [0.3, 0.4) is 0 Å². The number of benzene rings is 1. The molecule has 1 aromatic heterocycles. The minimum absolute atomic E-state index is 0.0528. The quantitative estimate of drug-likeness (QED) is 0.746. The maximum absolute atomic E-state index is 14.0. The van der Waals surface area contributed by atoms with Gasteiger partial charge in [0, 0.05) is 30.8 Å². The predicted octanol–water partition coefficient (Wildman–Crippen LogP) is 1.80. The van der Waals surface area contributed by atoms with Gasteiger partial charge in [-0.15, -0.1) is 0 Å². The van der Waals surface area contributed by atoms with E-state index >= 15 is 0 Å². The highest BCUT2D eigenvalue weighted by Gasteiger charge is 2.46. The number of nitrogens with one attached hydrogen (secondary N) is 2. The van der Waals surface area contributed by atoms with Crippen molar-refractivity contribution in [2.24, 2.45) is 7.05 Å². The number of rotatable bonds is 6. The fourth-order valence-electron chi connectivity index (χ4n) is 2.95. The molecule has 1 saturated carbocycles. The van der Waals surface area contributed by atoms with E-state index in [-0.39, 0.29) is 23.8 Å². The summed E-state index contributed by atoms with van der Waals surface area (Å²) >= 11 is 0. The van der Waals surface area contributed by atoms with Gasteiger partial charge in [-0.2, -0.15) is 5.10 Å². The smallest absolute Gasteiger partial charge is 0.314 e. The van der Waals surface area contributed by atoms with Gasteiger partial charge in [0.1, 0.15) is 11.4 Å². The fraction of sp³-hybridized carbons (Fsp3) is 0.444. The van der Waals surface area contributed by atoms with Gasteiger partial charge < -0.3 is 15.7 Å². The van der Waals surface area contributed by atoms with Gasteiger partial charge >= 0.3 is 6.03 Å². The van der Waals surface area contributed by atoms with E-state index in [0.29, 0.717) is 17.7 Å². The molecule has 1 aliphatic carbocycles. The van der Waals surface area contributed by atoms with Crippen molar-refractivity contribution in [2.45, 2.75) is 30.8 Å². The van der Waals surface area contributed by atoms with Gasteiger partial charge in [0.15, 0.2) is 0 Å².